The molecule has 1 aromatic heterocycles. The van der Waals surface area contributed by atoms with Gasteiger partial charge in [0.25, 0.3) is 0 Å². The van der Waals surface area contributed by atoms with E-state index in [0.717, 1.165) is 39.6 Å². The molecule has 0 saturated heterocycles. The zero-order chi connectivity index (χ0) is 27.2. The van der Waals surface area contributed by atoms with Crippen molar-refractivity contribution in [3.63, 3.8) is 0 Å². The third kappa shape index (κ3) is 3.84. The first kappa shape index (κ1) is 23.4. The number of nitrogens with zero attached hydrogens (tertiary/aromatic N) is 2. The lowest BCUT2D eigenvalue weighted by Gasteiger charge is -2.16. The number of fused-ring (bicyclic) bond motifs is 5. The van der Waals surface area contributed by atoms with Crippen molar-refractivity contribution in [3.8, 4) is 39.6 Å². The quantitative estimate of drug-likeness (QED) is 0.210. The molecule has 0 saturated carbocycles. The third-order valence-corrected chi connectivity index (χ3v) is 7.99. The Morgan fingerprint density at radius 3 is 1.71 bits per heavy atom. The average molecular weight is 523 g/mol. The van der Waals surface area contributed by atoms with Crippen molar-refractivity contribution in [2.24, 2.45) is 0 Å². The first-order valence-electron chi connectivity index (χ1n) is 14.0. The molecule has 8 rings (SSSR count). The van der Waals surface area contributed by atoms with Gasteiger partial charge >= 0.3 is 0 Å². The first-order valence-corrected chi connectivity index (χ1v) is 14.0. The molecule has 2 nitrogen and oxygen atoms in total. The summed E-state index contributed by atoms with van der Waals surface area (Å²) in [5.41, 5.74) is 6.48. The van der Waals surface area contributed by atoms with Gasteiger partial charge in [-0.3, -0.25) is 4.57 Å². The molecular weight excluding hydrogens is 496 g/mol. The fourth-order valence-electron chi connectivity index (χ4n) is 6.13. The Bertz CT molecular complexity index is 2180. The fraction of sp³-hybridized carbons (Fsp3) is 0. The van der Waals surface area contributed by atoms with E-state index in [2.05, 4.69) is 162 Å². The molecule has 8 aromatic rings. The van der Waals surface area contributed by atoms with Crippen LogP contribution in [0, 0.1) is 0 Å². The average Bonchev–Trinajstić information content (AvgIpc) is 3.46. The number of hydrogen-bond acceptors (Lipinski definition) is 1. The predicted octanol–water partition coefficient (Wildman–Crippen LogP) is 10.3. The highest BCUT2D eigenvalue weighted by atomic mass is 15.1. The summed E-state index contributed by atoms with van der Waals surface area (Å²) in [7, 11) is 0. The standard InChI is InChI=1S/C39H26N2/c1-4-15-28(16-5-1)37-38(29-17-6-2-7-18-29)41(30-19-8-3-9-20-30)39(40-37)36-26-35-31-21-11-10-14-27(31)24-25-34(35)32-22-12-13-23-33(32)36/h1-26H. The number of hydrogen-bond donors (Lipinski definition) is 0. The van der Waals surface area contributed by atoms with E-state index in [-0.39, 0.29) is 0 Å². The lowest BCUT2D eigenvalue weighted by Crippen LogP contribution is -2.01. The van der Waals surface area contributed by atoms with Gasteiger partial charge in [-0.05, 0) is 50.5 Å². The van der Waals surface area contributed by atoms with E-state index in [4.69, 9.17) is 4.98 Å². The highest BCUT2D eigenvalue weighted by Gasteiger charge is 2.24. The molecule has 192 valence electrons. The molecule has 1 heterocycles. The summed E-state index contributed by atoms with van der Waals surface area (Å²) in [6.07, 6.45) is 0. The summed E-state index contributed by atoms with van der Waals surface area (Å²) < 4.78 is 2.34. The van der Waals surface area contributed by atoms with Gasteiger partial charge in [0.15, 0.2) is 0 Å². The molecule has 0 aliphatic carbocycles. The number of para-hydroxylation sites is 1. The molecule has 0 N–H and O–H groups in total. The van der Waals surface area contributed by atoms with E-state index in [0.29, 0.717) is 0 Å². The molecule has 2 heteroatoms. The summed E-state index contributed by atoms with van der Waals surface area (Å²) in [4.78, 5) is 5.50. The van der Waals surface area contributed by atoms with E-state index < -0.39 is 0 Å². The topological polar surface area (TPSA) is 17.8 Å². The van der Waals surface area contributed by atoms with Crippen molar-refractivity contribution in [2.45, 2.75) is 0 Å². The van der Waals surface area contributed by atoms with Crippen LogP contribution in [0.25, 0.3) is 71.9 Å². The van der Waals surface area contributed by atoms with E-state index in [9.17, 15) is 0 Å². The summed E-state index contributed by atoms with van der Waals surface area (Å²) in [6, 6.07) is 56.0. The Labute approximate surface area is 238 Å². The molecule has 7 aromatic carbocycles. The highest BCUT2D eigenvalue weighted by Crippen LogP contribution is 2.43. The Morgan fingerprint density at radius 1 is 0.415 bits per heavy atom. The summed E-state index contributed by atoms with van der Waals surface area (Å²) >= 11 is 0. The van der Waals surface area contributed by atoms with Crippen molar-refractivity contribution in [1.29, 1.82) is 0 Å². The van der Waals surface area contributed by atoms with E-state index in [1.54, 1.807) is 0 Å². The Hall–Kier alpha value is -5.47. The molecule has 0 aliphatic heterocycles. The number of benzene rings is 7. The second-order valence-electron chi connectivity index (χ2n) is 10.4. The van der Waals surface area contributed by atoms with Crippen molar-refractivity contribution in [1.82, 2.24) is 9.55 Å². The SMILES string of the molecule is c1ccc(-c2nc(-c3cc4c5ccccc5ccc4c4ccccc34)n(-c3ccccc3)c2-c2ccccc2)cc1. The van der Waals surface area contributed by atoms with Gasteiger partial charge in [-0.25, -0.2) is 4.98 Å². The molecule has 0 amide bonds. The maximum atomic E-state index is 5.50. The van der Waals surface area contributed by atoms with Gasteiger partial charge < -0.3 is 0 Å². The largest absolute Gasteiger partial charge is 0.292 e. The van der Waals surface area contributed by atoms with E-state index in [1.807, 2.05) is 0 Å². The second kappa shape index (κ2) is 9.62. The smallest absolute Gasteiger partial charge is 0.146 e. The van der Waals surface area contributed by atoms with Crippen LogP contribution in [-0.4, -0.2) is 9.55 Å². The van der Waals surface area contributed by atoms with Crippen molar-refractivity contribution >= 4 is 32.3 Å². The van der Waals surface area contributed by atoms with Crippen molar-refractivity contribution in [3.05, 3.63) is 158 Å². The summed E-state index contributed by atoms with van der Waals surface area (Å²) in [5, 5.41) is 7.41. The summed E-state index contributed by atoms with van der Waals surface area (Å²) in [5.74, 6) is 0.931. The lowest BCUT2D eigenvalue weighted by atomic mass is 9.93. The minimum absolute atomic E-state index is 0.931. The van der Waals surface area contributed by atoms with Crippen LogP contribution in [0.2, 0.25) is 0 Å². The van der Waals surface area contributed by atoms with Crippen LogP contribution < -0.4 is 0 Å². The second-order valence-corrected chi connectivity index (χ2v) is 10.4. The van der Waals surface area contributed by atoms with Gasteiger partial charge in [-0.1, -0.05) is 140 Å². The monoisotopic (exact) mass is 522 g/mol. The van der Waals surface area contributed by atoms with Gasteiger partial charge in [0, 0.05) is 22.4 Å². The minimum Gasteiger partial charge on any atom is -0.292 e. The van der Waals surface area contributed by atoms with Crippen LogP contribution in [0.3, 0.4) is 0 Å². The van der Waals surface area contributed by atoms with Gasteiger partial charge in [0.1, 0.15) is 5.82 Å². The molecule has 0 unspecified atom stereocenters. The van der Waals surface area contributed by atoms with Gasteiger partial charge in [-0.2, -0.15) is 0 Å². The highest BCUT2D eigenvalue weighted by molar-refractivity contribution is 6.20. The third-order valence-electron chi connectivity index (χ3n) is 7.99. The van der Waals surface area contributed by atoms with Crippen LogP contribution in [0.15, 0.2) is 158 Å². The zero-order valence-corrected chi connectivity index (χ0v) is 22.4. The van der Waals surface area contributed by atoms with Crippen molar-refractivity contribution in [2.75, 3.05) is 0 Å². The van der Waals surface area contributed by atoms with Crippen LogP contribution in [0.5, 0.6) is 0 Å². The normalized spacial score (nSPS) is 11.4. The summed E-state index contributed by atoms with van der Waals surface area (Å²) in [6.45, 7) is 0. The Balaban J connectivity index is 1.56. The first-order chi connectivity index (χ1) is 20.4. The van der Waals surface area contributed by atoms with E-state index in [1.165, 1.54) is 32.3 Å². The van der Waals surface area contributed by atoms with Crippen LogP contribution in [0.4, 0.5) is 0 Å². The molecule has 0 bridgehead atoms. The fourth-order valence-corrected chi connectivity index (χ4v) is 6.13. The number of imidazole rings is 1. The number of rotatable bonds is 4. The molecule has 0 fully saturated rings. The van der Waals surface area contributed by atoms with Gasteiger partial charge in [0.05, 0.1) is 11.4 Å². The maximum absolute atomic E-state index is 5.50. The van der Waals surface area contributed by atoms with E-state index >= 15 is 0 Å². The molecule has 41 heavy (non-hydrogen) atoms. The van der Waals surface area contributed by atoms with Crippen LogP contribution in [0.1, 0.15) is 0 Å². The molecule has 0 radical (unpaired) electrons. The predicted molar refractivity (Wildman–Crippen MR) is 172 cm³/mol. The lowest BCUT2D eigenvalue weighted by molar-refractivity contribution is 1.08. The van der Waals surface area contributed by atoms with Crippen LogP contribution in [-0.2, 0) is 0 Å². The molecule has 0 aliphatic rings. The zero-order valence-electron chi connectivity index (χ0n) is 22.4. The Morgan fingerprint density at radius 2 is 0.976 bits per heavy atom. The van der Waals surface area contributed by atoms with Crippen LogP contribution >= 0.6 is 0 Å². The number of aromatic nitrogens is 2. The van der Waals surface area contributed by atoms with Crippen molar-refractivity contribution < 1.29 is 0 Å². The van der Waals surface area contributed by atoms with Gasteiger partial charge in [-0.15, -0.1) is 0 Å². The maximum Gasteiger partial charge on any atom is 0.146 e. The minimum atomic E-state index is 0.931. The molecule has 0 atom stereocenters. The van der Waals surface area contributed by atoms with Gasteiger partial charge in [0.2, 0.25) is 0 Å². The Kier molecular flexibility index (Phi) is 5.49. The molecular formula is C39H26N2. The molecule has 0 spiro atoms.